The Labute approximate surface area is 322 Å². The van der Waals surface area contributed by atoms with Crippen molar-refractivity contribution in [2.24, 2.45) is 0 Å². The lowest BCUT2D eigenvalue weighted by atomic mass is 10.0. The summed E-state index contributed by atoms with van der Waals surface area (Å²) in [6, 6.07) is 67.3. The maximum atomic E-state index is 6.78. The highest BCUT2D eigenvalue weighted by atomic mass is 16.3. The minimum absolute atomic E-state index is 0.624. The highest BCUT2D eigenvalue weighted by Crippen LogP contribution is 2.41. The number of hydrogen-bond acceptors (Lipinski definition) is 4. The minimum atomic E-state index is 0.624. The van der Waals surface area contributed by atoms with Gasteiger partial charge in [-0.2, -0.15) is 0 Å². The molecule has 3 aromatic heterocycles. The molecular weight excluding hydrogens is 685 g/mol. The quantitative estimate of drug-likeness (QED) is 0.172. The molecule has 5 heteroatoms. The van der Waals surface area contributed by atoms with Gasteiger partial charge in [-0.1, -0.05) is 152 Å². The van der Waals surface area contributed by atoms with E-state index in [4.69, 9.17) is 19.4 Å². The van der Waals surface area contributed by atoms with Gasteiger partial charge in [0.15, 0.2) is 17.5 Å². The molecule has 0 aliphatic rings. The van der Waals surface area contributed by atoms with E-state index in [-0.39, 0.29) is 0 Å². The van der Waals surface area contributed by atoms with Crippen LogP contribution in [0.15, 0.2) is 199 Å². The van der Waals surface area contributed by atoms with Crippen molar-refractivity contribution >= 4 is 43.7 Å². The lowest BCUT2D eigenvalue weighted by molar-refractivity contribution is 0.673. The molecule has 0 aliphatic carbocycles. The highest BCUT2D eigenvalue weighted by Gasteiger charge is 2.19. The monoisotopic (exact) mass is 716 g/mol. The number of nitrogens with zero attached hydrogens (tertiary/aromatic N) is 4. The zero-order valence-electron chi connectivity index (χ0n) is 30.2. The first kappa shape index (κ1) is 31.9. The Kier molecular flexibility index (Phi) is 7.42. The fourth-order valence-electron chi connectivity index (χ4n) is 7.93. The minimum Gasteiger partial charge on any atom is -0.455 e. The van der Waals surface area contributed by atoms with Crippen molar-refractivity contribution in [3.8, 4) is 62.1 Å². The number of hydrogen-bond donors (Lipinski definition) is 0. The molecule has 0 spiro atoms. The molecule has 0 fully saturated rings. The molecule has 56 heavy (non-hydrogen) atoms. The summed E-state index contributed by atoms with van der Waals surface area (Å²) in [7, 11) is 0. The highest BCUT2D eigenvalue weighted by molar-refractivity contribution is 6.24. The van der Waals surface area contributed by atoms with Crippen LogP contribution in [-0.4, -0.2) is 19.5 Å². The number of para-hydroxylation sites is 2. The fourth-order valence-corrected chi connectivity index (χ4v) is 7.93. The van der Waals surface area contributed by atoms with Gasteiger partial charge in [-0.3, -0.25) is 0 Å². The molecule has 0 saturated carbocycles. The van der Waals surface area contributed by atoms with Gasteiger partial charge in [-0.25, -0.2) is 15.0 Å². The van der Waals surface area contributed by atoms with Crippen LogP contribution in [0.5, 0.6) is 0 Å². The molecule has 262 valence electrons. The Hall–Kier alpha value is -7.63. The van der Waals surface area contributed by atoms with Gasteiger partial charge in [-0.05, 0) is 64.7 Å². The second-order valence-corrected chi connectivity index (χ2v) is 14.0. The molecule has 0 bridgehead atoms. The maximum Gasteiger partial charge on any atom is 0.164 e. The summed E-state index contributed by atoms with van der Waals surface area (Å²) in [6.07, 6.45) is 0. The summed E-state index contributed by atoms with van der Waals surface area (Å²) in [6.45, 7) is 0. The predicted molar refractivity (Wildman–Crippen MR) is 229 cm³/mol. The number of fused-ring (bicyclic) bond motifs is 7. The standard InChI is InChI=1S/C51H32N4O/c1-4-12-33(13-5-1)34-20-24-37(25-21-34)50-52-49(36-14-6-2-7-15-36)53-51(54-50)38-26-22-35(23-27-38)39-28-29-41-42-30-31-45-47(48(42)56-46(41)32-39)43-18-10-11-19-44(43)55(45)40-16-8-3-9-17-40/h1-32H. The molecule has 0 radical (unpaired) electrons. The topological polar surface area (TPSA) is 56.7 Å². The third kappa shape index (κ3) is 5.37. The molecule has 8 aromatic carbocycles. The Balaban J connectivity index is 0.972. The van der Waals surface area contributed by atoms with Crippen LogP contribution < -0.4 is 0 Å². The summed E-state index contributed by atoms with van der Waals surface area (Å²) in [5, 5.41) is 4.51. The number of furan rings is 1. The summed E-state index contributed by atoms with van der Waals surface area (Å²) in [4.78, 5) is 14.9. The largest absolute Gasteiger partial charge is 0.455 e. The van der Waals surface area contributed by atoms with Gasteiger partial charge in [0.1, 0.15) is 11.2 Å². The van der Waals surface area contributed by atoms with Gasteiger partial charge in [0.2, 0.25) is 0 Å². The van der Waals surface area contributed by atoms with Crippen LogP contribution in [0.2, 0.25) is 0 Å². The van der Waals surface area contributed by atoms with E-state index in [1.54, 1.807) is 0 Å². The van der Waals surface area contributed by atoms with Crippen molar-refractivity contribution in [1.29, 1.82) is 0 Å². The predicted octanol–water partition coefficient (Wildman–Crippen LogP) is 13.2. The lowest BCUT2D eigenvalue weighted by Gasteiger charge is -2.10. The Morgan fingerprint density at radius 1 is 0.339 bits per heavy atom. The van der Waals surface area contributed by atoms with Gasteiger partial charge in [0.25, 0.3) is 0 Å². The summed E-state index contributed by atoms with van der Waals surface area (Å²) >= 11 is 0. The molecule has 0 N–H and O–H groups in total. The summed E-state index contributed by atoms with van der Waals surface area (Å²) in [5.41, 5.74) is 12.4. The van der Waals surface area contributed by atoms with E-state index in [1.807, 2.05) is 36.4 Å². The maximum absolute atomic E-state index is 6.78. The van der Waals surface area contributed by atoms with E-state index in [1.165, 1.54) is 10.9 Å². The number of rotatable bonds is 6. The average Bonchev–Trinajstić information content (AvgIpc) is 3.83. The normalized spacial score (nSPS) is 11.6. The first-order chi connectivity index (χ1) is 27.7. The van der Waals surface area contributed by atoms with E-state index in [9.17, 15) is 0 Å². The van der Waals surface area contributed by atoms with Crippen molar-refractivity contribution in [3.63, 3.8) is 0 Å². The molecule has 11 rings (SSSR count). The Morgan fingerprint density at radius 2 is 0.804 bits per heavy atom. The van der Waals surface area contributed by atoms with Crippen LogP contribution in [0, 0.1) is 0 Å². The van der Waals surface area contributed by atoms with Gasteiger partial charge in [0.05, 0.1) is 16.4 Å². The van der Waals surface area contributed by atoms with E-state index >= 15 is 0 Å². The molecule has 0 amide bonds. The molecule has 11 aromatic rings. The Bertz CT molecular complexity index is 3200. The van der Waals surface area contributed by atoms with E-state index < -0.39 is 0 Å². The molecule has 0 atom stereocenters. The van der Waals surface area contributed by atoms with Crippen LogP contribution in [-0.2, 0) is 0 Å². The SMILES string of the molecule is c1ccc(-c2ccc(-c3nc(-c4ccccc4)nc(-c4ccc(-c5ccc6c(c5)oc5c6ccc6c5c5ccccc5n6-c5ccccc5)cc4)n3)cc2)cc1. The zero-order chi connectivity index (χ0) is 37.0. The van der Waals surface area contributed by atoms with Crippen LogP contribution in [0.25, 0.3) is 106 Å². The van der Waals surface area contributed by atoms with Crippen LogP contribution in [0.1, 0.15) is 0 Å². The summed E-state index contributed by atoms with van der Waals surface area (Å²) in [5.74, 6) is 1.89. The van der Waals surface area contributed by atoms with E-state index in [0.29, 0.717) is 17.5 Å². The second kappa shape index (κ2) is 13.0. The number of benzene rings is 8. The van der Waals surface area contributed by atoms with Crippen molar-refractivity contribution in [3.05, 3.63) is 194 Å². The zero-order valence-corrected chi connectivity index (χ0v) is 30.2. The van der Waals surface area contributed by atoms with Gasteiger partial charge >= 0.3 is 0 Å². The van der Waals surface area contributed by atoms with Gasteiger partial charge in [-0.15, -0.1) is 0 Å². The van der Waals surface area contributed by atoms with Crippen molar-refractivity contribution < 1.29 is 4.42 Å². The molecule has 5 nitrogen and oxygen atoms in total. The third-order valence-corrected chi connectivity index (χ3v) is 10.7. The van der Waals surface area contributed by atoms with E-state index in [2.05, 4.69) is 162 Å². The third-order valence-electron chi connectivity index (χ3n) is 10.7. The first-order valence-electron chi connectivity index (χ1n) is 18.8. The Morgan fingerprint density at radius 3 is 1.45 bits per heavy atom. The van der Waals surface area contributed by atoms with Crippen molar-refractivity contribution in [2.45, 2.75) is 0 Å². The fraction of sp³-hybridized carbons (Fsp3) is 0. The van der Waals surface area contributed by atoms with Crippen molar-refractivity contribution in [2.75, 3.05) is 0 Å². The molecule has 3 heterocycles. The molecule has 0 aliphatic heterocycles. The smallest absolute Gasteiger partial charge is 0.164 e. The van der Waals surface area contributed by atoms with Crippen LogP contribution >= 0.6 is 0 Å². The average molecular weight is 717 g/mol. The first-order valence-corrected chi connectivity index (χ1v) is 18.8. The lowest BCUT2D eigenvalue weighted by Crippen LogP contribution is -2.00. The van der Waals surface area contributed by atoms with Gasteiger partial charge < -0.3 is 8.98 Å². The molecule has 0 saturated heterocycles. The van der Waals surface area contributed by atoms with Crippen LogP contribution in [0.3, 0.4) is 0 Å². The molecular formula is C51H32N4O. The van der Waals surface area contributed by atoms with Crippen LogP contribution in [0.4, 0.5) is 0 Å². The van der Waals surface area contributed by atoms with Gasteiger partial charge in [0, 0.05) is 38.5 Å². The number of aromatic nitrogens is 4. The van der Waals surface area contributed by atoms with Crippen molar-refractivity contribution in [1.82, 2.24) is 19.5 Å². The van der Waals surface area contributed by atoms with E-state index in [0.717, 1.165) is 77.4 Å². The molecule has 0 unspecified atom stereocenters. The second-order valence-electron chi connectivity index (χ2n) is 14.0. The summed E-state index contributed by atoms with van der Waals surface area (Å²) < 4.78 is 9.10.